The summed E-state index contributed by atoms with van der Waals surface area (Å²) in [5.74, 6) is -0.0785. The predicted octanol–water partition coefficient (Wildman–Crippen LogP) is 2.52. The summed E-state index contributed by atoms with van der Waals surface area (Å²) in [6, 6.07) is 7.15. The van der Waals surface area contributed by atoms with Gasteiger partial charge in [0.15, 0.2) is 0 Å². The van der Waals surface area contributed by atoms with Crippen LogP contribution in [0, 0.1) is 0 Å². The molecule has 1 aromatic carbocycles. The van der Waals surface area contributed by atoms with Crippen molar-refractivity contribution in [2.24, 2.45) is 0 Å². The van der Waals surface area contributed by atoms with E-state index in [0.717, 1.165) is 24.7 Å². The molecule has 1 aromatic rings. The number of hydrogen-bond donors (Lipinski definition) is 2. The van der Waals surface area contributed by atoms with Gasteiger partial charge in [-0.2, -0.15) is 0 Å². The third kappa shape index (κ3) is 5.89. The molecule has 2 N–H and O–H groups in total. The summed E-state index contributed by atoms with van der Waals surface area (Å²) in [6.07, 6.45) is 10.1. The molecular formula is C16H22N2O3S. The van der Waals surface area contributed by atoms with Crippen molar-refractivity contribution >= 4 is 27.7 Å². The van der Waals surface area contributed by atoms with E-state index in [0.29, 0.717) is 11.7 Å². The lowest BCUT2D eigenvalue weighted by Gasteiger charge is -2.21. The van der Waals surface area contributed by atoms with Crippen LogP contribution in [0.1, 0.15) is 37.7 Å². The van der Waals surface area contributed by atoms with Crippen molar-refractivity contribution in [3.05, 3.63) is 35.9 Å². The van der Waals surface area contributed by atoms with Gasteiger partial charge in [0.2, 0.25) is 15.9 Å². The highest BCUT2D eigenvalue weighted by atomic mass is 32.2. The molecule has 1 amide bonds. The van der Waals surface area contributed by atoms with E-state index in [1.165, 1.54) is 25.3 Å². The number of benzene rings is 1. The second kappa shape index (κ2) is 7.45. The number of amides is 1. The third-order valence-electron chi connectivity index (χ3n) is 3.59. The first-order valence-electron chi connectivity index (χ1n) is 7.49. The van der Waals surface area contributed by atoms with Gasteiger partial charge in [0.05, 0.1) is 6.26 Å². The van der Waals surface area contributed by atoms with Crippen LogP contribution in [0.3, 0.4) is 0 Å². The van der Waals surface area contributed by atoms with Crippen molar-refractivity contribution in [3.63, 3.8) is 0 Å². The normalized spacial score (nSPS) is 16.6. The Labute approximate surface area is 131 Å². The lowest BCUT2D eigenvalue weighted by atomic mass is 9.95. The first kappa shape index (κ1) is 16.5. The van der Waals surface area contributed by atoms with E-state index in [-0.39, 0.29) is 5.91 Å². The molecule has 5 nitrogen and oxygen atoms in total. The maximum atomic E-state index is 11.8. The van der Waals surface area contributed by atoms with Gasteiger partial charge < -0.3 is 5.32 Å². The zero-order valence-corrected chi connectivity index (χ0v) is 13.5. The molecule has 0 bridgehead atoms. The summed E-state index contributed by atoms with van der Waals surface area (Å²) in [4.78, 5) is 11.8. The first-order chi connectivity index (χ1) is 10.4. The molecule has 0 aromatic heterocycles. The molecule has 0 atom stereocenters. The summed E-state index contributed by atoms with van der Waals surface area (Å²) >= 11 is 0. The molecular weight excluding hydrogens is 300 g/mol. The van der Waals surface area contributed by atoms with Gasteiger partial charge in [-0.05, 0) is 36.6 Å². The Morgan fingerprint density at radius 2 is 1.77 bits per heavy atom. The second-order valence-corrected chi connectivity index (χ2v) is 7.42. The summed E-state index contributed by atoms with van der Waals surface area (Å²) in [6.45, 7) is 0. The second-order valence-electron chi connectivity index (χ2n) is 5.67. The number of carbonyl (C=O) groups excluding carboxylic acids is 1. The molecule has 0 heterocycles. The summed E-state index contributed by atoms with van der Waals surface area (Å²) in [5.41, 5.74) is 1.35. The van der Waals surface area contributed by atoms with Crippen molar-refractivity contribution < 1.29 is 13.2 Å². The third-order valence-corrected chi connectivity index (χ3v) is 4.20. The van der Waals surface area contributed by atoms with Gasteiger partial charge in [0.25, 0.3) is 0 Å². The Kier molecular flexibility index (Phi) is 5.60. The van der Waals surface area contributed by atoms with E-state index < -0.39 is 10.0 Å². The van der Waals surface area contributed by atoms with Crippen molar-refractivity contribution in [1.29, 1.82) is 0 Å². The predicted molar refractivity (Wildman–Crippen MR) is 89.0 cm³/mol. The fourth-order valence-electron chi connectivity index (χ4n) is 2.54. The topological polar surface area (TPSA) is 75.3 Å². The average Bonchev–Trinajstić information content (AvgIpc) is 2.46. The standard InChI is InChI=1S/C16H22N2O3S/c1-22(20,21)18-15-10-7-13(8-11-15)9-12-16(19)17-14-5-3-2-4-6-14/h7-12,14,18H,2-6H2,1H3,(H,17,19)/b12-9+. The van der Waals surface area contributed by atoms with Crippen molar-refractivity contribution in [1.82, 2.24) is 5.32 Å². The van der Waals surface area contributed by atoms with E-state index in [9.17, 15) is 13.2 Å². The van der Waals surface area contributed by atoms with Crippen LogP contribution in [0.5, 0.6) is 0 Å². The maximum Gasteiger partial charge on any atom is 0.244 e. The van der Waals surface area contributed by atoms with Gasteiger partial charge in [-0.15, -0.1) is 0 Å². The van der Waals surface area contributed by atoms with Gasteiger partial charge in [-0.25, -0.2) is 8.42 Å². The Hall–Kier alpha value is -1.82. The molecule has 1 fully saturated rings. The Bertz CT molecular complexity index is 630. The number of rotatable bonds is 5. The SMILES string of the molecule is CS(=O)(=O)Nc1ccc(/C=C/C(=O)NC2CCCCC2)cc1. The molecule has 0 saturated heterocycles. The largest absolute Gasteiger partial charge is 0.350 e. The van der Waals surface area contributed by atoms with Gasteiger partial charge in [0.1, 0.15) is 0 Å². The molecule has 0 spiro atoms. The lowest BCUT2D eigenvalue weighted by Crippen LogP contribution is -2.34. The molecule has 6 heteroatoms. The first-order valence-corrected chi connectivity index (χ1v) is 9.38. The Morgan fingerprint density at radius 1 is 1.14 bits per heavy atom. The zero-order valence-electron chi connectivity index (χ0n) is 12.7. The van der Waals surface area contributed by atoms with Crippen LogP contribution in [0.25, 0.3) is 6.08 Å². The minimum atomic E-state index is -3.26. The van der Waals surface area contributed by atoms with Crippen LogP contribution in [0.15, 0.2) is 30.3 Å². The van der Waals surface area contributed by atoms with E-state index in [4.69, 9.17) is 0 Å². The molecule has 0 radical (unpaired) electrons. The molecule has 0 unspecified atom stereocenters. The van der Waals surface area contributed by atoms with Crippen LogP contribution in [0.4, 0.5) is 5.69 Å². The Balaban J connectivity index is 1.88. The van der Waals surface area contributed by atoms with Crippen LogP contribution in [-0.4, -0.2) is 26.6 Å². The molecule has 22 heavy (non-hydrogen) atoms. The van der Waals surface area contributed by atoms with Crippen LogP contribution in [0.2, 0.25) is 0 Å². The van der Waals surface area contributed by atoms with E-state index >= 15 is 0 Å². The lowest BCUT2D eigenvalue weighted by molar-refractivity contribution is -0.117. The van der Waals surface area contributed by atoms with Crippen molar-refractivity contribution in [2.75, 3.05) is 11.0 Å². The summed E-state index contributed by atoms with van der Waals surface area (Å²) in [7, 11) is -3.26. The van der Waals surface area contributed by atoms with E-state index in [1.807, 2.05) is 0 Å². The monoisotopic (exact) mass is 322 g/mol. The van der Waals surface area contributed by atoms with Gasteiger partial charge >= 0.3 is 0 Å². The molecule has 1 saturated carbocycles. The number of carbonyl (C=O) groups is 1. The zero-order chi connectivity index (χ0) is 16.0. The smallest absolute Gasteiger partial charge is 0.244 e. The molecule has 2 rings (SSSR count). The van der Waals surface area contributed by atoms with Crippen LogP contribution >= 0.6 is 0 Å². The van der Waals surface area contributed by atoms with Crippen molar-refractivity contribution in [3.8, 4) is 0 Å². The van der Waals surface area contributed by atoms with E-state index in [2.05, 4.69) is 10.0 Å². The number of anilines is 1. The van der Waals surface area contributed by atoms with Crippen molar-refractivity contribution in [2.45, 2.75) is 38.1 Å². The highest BCUT2D eigenvalue weighted by Gasteiger charge is 2.14. The van der Waals surface area contributed by atoms with Gasteiger partial charge in [-0.1, -0.05) is 31.4 Å². The highest BCUT2D eigenvalue weighted by molar-refractivity contribution is 7.92. The number of hydrogen-bond acceptors (Lipinski definition) is 3. The summed E-state index contributed by atoms with van der Waals surface area (Å²) < 4.78 is 24.6. The Morgan fingerprint density at radius 3 is 2.36 bits per heavy atom. The quantitative estimate of drug-likeness (QED) is 0.818. The van der Waals surface area contributed by atoms with Crippen LogP contribution < -0.4 is 10.0 Å². The highest BCUT2D eigenvalue weighted by Crippen LogP contribution is 2.17. The average molecular weight is 322 g/mol. The summed E-state index contributed by atoms with van der Waals surface area (Å²) in [5, 5.41) is 3.01. The van der Waals surface area contributed by atoms with Gasteiger partial charge in [0, 0.05) is 17.8 Å². The van der Waals surface area contributed by atoms with E-state index in [1.54, 1.807) is 30.3 Å². The van der Waals surface area contributed by atoms with Gasteiger partial charge in [-0.3, -0.25) is 9.52 Å². The molecule has 120 valence electrons. The maximum absolute atomic E-state index is 11.8. The van der Waals surface area contributed by atoms with Crippen LogP contribution in [-0.2, 0) is 14.8 Å². The minimum absolute atomic E-state index is 0.0785. The minimum Gasteiger partial charge on any atom is -0.350 e. The molecule has 0 aliphatic heterocycles. The fraction of sp³-hybridized carbons (Fsp3) is 0.438. The molecule has 1 aliphatic carbocycles. The number of sulfonamides is 1. The molecule has 1 aliphatic rings. The number of nitrogens with one attached hydrogen (secondary N) is 2. The fourth-order valence-corrected chi connectivity index (χ4v) is 3.11.